The Labute approximate surface area is 159 Å². The number of halogens is 2. The van der Waals surface area contributed by atoms with Crippen LogP contribution >= 0.6 is 23.2 Å². The van der Waals surface area contributed by atoms with Gasteiger partial charge in [-0.25, -0.2) is 0 Å². The summed E-state index contributed by atoms with van der Waals surface area (Å²) in [7, 11) is 0. The molecule has 0 spiro atoms. The third-order valence-electron chi connectivity index (χ3n) is 4.13. The average Bonchev–Trinajstić information content (AvgIpc) is 3.24. The highest BCUT2D eigenvalue weighted by molar-refractivity contribution is 6.35. The fourth-order valence-corrected chi connectivity index (χ4v) is 3.32. The number of hydrogen-bond donors (Lipinski definition) is 1. The Balaban J connectivity index is 1.50. The highest BCUT2D eigenvalue weighted by Crippen LogP contribution is 2.22. The predicted octanol–water partition coefficient (Wildman–Crippen LogP) is 4.54. The fraction of sp³-hybridized carbons (Fsp3) is 0.105. The number of aromatic amines is 1. The molecule has 0 saturated carbocycles. The molecule has 2 aromatic heterocycles. The third kappa shape index (κ3) is 3.36. The molecule has 0 fully saturated rings. The van der Waals surface area contributed by atoms with Crippen LogP contribution in [0.3, 0.4) is 0 Å². The number of rotatable bonds is 5. The van der Waals surface area contributed by atoms with Gasteiger partial charge < -0.3 is 0 Å². The minimum atomic E-state index is -0.0495. The van der Waals surface area contributed by atoms with Gasteiger partial charge in [-0.1, -0.05) is 47.5 Å². The Morgan fingerprint density at radius 1 is 1.15 bits per heavy atom. The number of H-pyrrole nitrogens is 1. The van der Waals surface area contributed by atoms with E-state index in [0.29, 0.717) is 22.3 Å². The summed E-state index contributed by atoms with van der Waals surface area (Å²) < 4.78 is 1.75. The number of hydrogen-bond acceptors (Lipinski definition) is 3. The Morgan fingerprint density at radius 3 is 2.85 bits per heavy atom. The molecule has 0 aliphatic carbocycles. The summed E-state index contributed by atoms with van der Waals surface area (Å²) in [5.74, 6) is -0.0495. The van der Waals surface area contributed by atoms with Gasteiger partial charge in [0.05, 0.1) is 18.3 Å². The first-order valence-electron chi connectivity index (χ1n) is 8.02. The summed E-state index contributed by atoms with van der Waals surface area (Å²) in [6.45, 7) is 0.509. The minimum absolute atomic E-state index is 0.0495. The number of aromatic nitrogens is 4. The van der Waals surface area contributed by atoms with E-state index in [2.05, 4.69) is 15.3 Å². The topological polar surface area (TPSA) is 63.6 Å². The molecule has 2 heterocycles. The van der Waals surface area contributed by atoms with E-state index < -0.39 is 0 Å². The molecule has 0 radical (unpaired) electrons. The molecule has 0 amide bonds. The Hall–Kier alpha value is -2.63. The predicted molar refractivity (Wildman–Crippen MR) is 102 cm³/mol. The van der Waals surface area contributed by atoms with Crippen molar-refractivity contribution < 1.29 is 4.79 Å². The molecule has 7 heteroatoms. The maximum absolute atomic E-state index is 12.6. The lowest BCUT2D eigenvalue weighted by Crippen LogP contribution is -2.04. The van der Waals surface area contributed by atoms with Crippen LogP contribution < -0.4 is 0 Å². The Kier molecular flexibility index (Phi) is 4.49. The zero-order chi connectivity index (χ0) is 18.1. The van der Waals surface area contributed by atoms with Crippen molar-refractivity contribution in [2.45, 2.75) is 13.0 Å². The molecule has 0 bridgehead atoms. The van der Waals surface area contributed by atoms with Gasteiger partial charge in [-0.15, -0.1) is 0 Å². The van der Waals surface area contributed by atoms with E-state index >= 15 is 0 Å². The van der Waals surface area contributed by atoms with Crippen molar-refractivity contribution in [3.8, 4) is 0 Å². The van der Waals surface area contributed by atoms with Crippen molar-refractivity contribution in [3.05, 3.63) is 81.7 Å². The van der Waals surface area contributed by atoms with Crippen LogP contribution in [0.2, 0.25) is 10.0 Å². The number of fused-ring (bicyclic) bond motifs is 1. The standard InChI is InChI=1S/C19H14Cl2N4O/c20-14-6-5-13(16(21)8-14)11-25-10-12(9-22-25)7-18(26)19-15-3-1-2-4-17(15)23-24-19/h1-6,8-10H,7,11H2,(H,23,24). The number of carbonyl (C=O) groups excluding carboxylic acids is 1. The van der Waals surface area contributed by atoms with E-state index in [1.807, 2.05) is 36.5 Å². The lowest BCUT2D eigenvalue weighted by molar-refractivity contribution is 0.0989. The van der Waals surface area contributed by atoms with Crippen molar-refractivity contribution in [2.24, 2.45) is 0 Å². The monoisotopic (exact) mass is 384 g/mol. The molecule has 0 saturated heterocycles. The first kappa shape index (κ1) is 16.8. The van der Waals surface area contributed by atoms with E-state index in [1.54, 1.807) is 23.0 Å². The van der Waals surface area contributed by atoms with Crippen LogP contribution in [0.1, 0.15) is 21.6 Å². The van der Waals surface area contributed by atoms with Crippen LogP contribution in [0.15, 0.2) is 54.9 Å². The van der Waals surface area contributed by atoms with E-state index in [-0.39, 0.29) is 12.2 Å². The summed E-state index contributed by atoms with van der Waals surface area (Å²) in [4.78, 5) is 12.6. The maximum Gasteiger partial charge on any atom is 0.188 e. The highest BCUT2D eigenvalue weighted by atomic mass is 35.5. The number of ketones is 1. The van der Waals surface area contributed by atoms with Gasteiger partial charge in [0.25, 0.3) is 0 Å². The van der Waals surface area contributed by atoms with Crippen LogP contribution in [-0.4, -0.2) is 25.8 Å². The first-order valence-corrected chi connectivity index (χ1v) is 8.77. The zero-order valence-electron chi connectivity index (χ0n) is 13.6. The molecule has 26 heavy (non-hydrogen) atoms. The molecule has 0 atom stereocenters. The smallest absolute Gasteiger partial charge is 0.188 e. The number of nitrogens with zero attached hydrogens (tertiary/aromatic N) is 3. The fourth-order valence-electron chi connectivity index (χ4n) is 2.85. The van der Waals surface area contributed by atoms with Gasteiger partial charge in [0.1, 0.15) is 5.69 Å². The number of Topliss-reactive ketones (excluding diaryl/α,β-unsaturated/α-hetero) is 1. The normalized spacial score (nSPS) is 11.2. The summed E-state index contributed by atoms with van der Waals surface area (Å²) in [5, 5.41) is 13.4. The number of carbonyl (C=O) groups is 1. The van der Waals surface area contributed by atoms with Crippen LogP contribution in [0.25, 0.3) is 10.9 Å². The highest BCUT2D eigenvalue weighted by Gasteiger charge is 2.15. The Morgan fingerprint density at radius 2 is 2.00 bits per heavy atom. The average molecular weight is 385 g/mol. The van der Waals surface area contributed by atoms with Crippen molar-refractivity contribution >= 4 is 39.9 Å². The van der Waals surface area contributed by atoms with Gasteiger partial charge in [0.15, 0.2) is 5.78 Å². The van der Waals surface area contributed by atoms with Crippen LogP contribution in [0.4, 0.5) is 0 Å². The maximum atomic E-state index is 12.6. The largest absolute Gasteiger partial charge is 0.292 e. The molecular formula is C19H14Cl2N4O. The SMILES string of the molecule is O=C(Cc1cnn(Cc2ccc(Cl)cc2Cl)c1)c1n[nH]c2ccccc12. The minimum Gasteiger partial charge on any atom is -0.292 e. The van der Waals surface area contributed by atoms with Gasteiger partial charge in [0, 0.05) is 28.0 Å². The molecule has 5 nitrogen and oxygen atoms in total. The quantitative estimate of drug-likeness (QED) is 0.513. The molecular weight excluding hydrogens is 371 g/mol. The van der Waals surface area contributed by atoms with Gasteiger partial charge in [-0.05, 0) is 29.3 Å². The molecule has 1 N–H and O–H groups in total. The first-order chi connectivity index (χ1) is 12.6. The van der Waals surface area contributed by atoms with E-state index in [4.69, 9.17) is 23.2 Å². The number of nitrogens with one attached hydrogen (secondary N) is 1. The molecule has 2 aromatic carbocycles. The molecule has 4 aromatic rings. The summed E-state index contributed by atoms with van der Waals surface area (Å²) in [5.41, 5.74) is 3.04. The van der Waals surface area contributed by atoms with Crippen LogP contribution in [0.5, 0.6) is 0 Å². The lowest BCUT2D eigenvalue weighted by Gasteiger charge is -2.04. The van der Waals surface area contributed by atoms with Crippen molar-refractivity contribution in [1.29, 1.82) is 0 Å². The van der Waals surface area contributed by atoms with Crippen molar-refractivity contribution in [1.82, 2.24) is 20.0 Å². The van der Waals surface area contributed by atoms with Gasteiger partial charge in [-0.2, -0.15) is 10.2 Å². The second-order valence-electron chi connectivity index (χ2n) is 6.00. The zero-order valence-corrected chi connectivity index (χ0v) is 15.1. The van der Waals surface area contributed by atoms with E-state index in [0.717, 1.165) is 22.0 Å². The van der Waals surface area contributed by atoms with Crippen molar-refractivity contribution in [2.75, 3.05) is 0 Å². The number of benzene rings is 2. The molecule has 130 valence electrons. The molecule has 0 aliphatic heterocycles. The van der Waals surface area contributed by atoms with Crippen molar-refractivity contribution in [3.63, 3.8) is 0 Å². The van der Waals surface area contributed by atoms with Crippen LogP contribution in [-0.2, 0) is 13.0 Å². The summed E-state index contributed by atoms with van der Waals surface area (Å²) in [6, 6.07) is 12.9. The van der Waals surface area contributed by atoms with Crippen LogP contribution in [0, 0.1) is 0 Å². The second kappa shape index (κ2) is 6.94. The van der Waals surface area contributed by atoms with Gasteiger partial charge >= 0.3 is 0 Å². The Bertz CT molecular complexity index is 1100. The molecule has 4 rings (SSSR count). The summed E-state index contributed by atoms with van der Waals surface area (Å²) >= 11 is 12.1. The summed E-state index contributed by atoms with van der Waals surface area (Å²) in [6.07, 6.45) is 3.78. The van der Waals surface area contributed by atoms with Gasteiger partial charge in [0.2, 0.25) is 0 Å². The number of para-hydroxylation sites is 1. The second-order valence-corrected chi connectivity index (χ2v) is 6.84. The third-order valence-corrected chi connectivity index (χ3v) is 4.72. The van der Waals surface area contributed by atoms with E-state index in [1.165, 1.54) is 0 Å². The molecule has 0 unspecified atom stereocenters. The molecule has 0 aliphatic rings. The lowest BCUT2D eigenvalue weighted by atomic mass is 10.1. The van der Waals surface area contributed by atoms with Gasteiger partial charge in [-0.3, -0.25) is 14.6 Å². The van der Waals surface area contributed by atoms with E-state index in [9.17, 15) is 4.79 Å².